The first-order chi connectivity index (χ1) is 11.9. The average molecular weight is 349 g/mol. The molecule has 0 radical (unpaired) electrons. The minimum atomic E-state index is -0.0860. The predicted molar refractivity (Wildman–Crippen MR) is 103 cm³/mol. The lowest BCUT2D eigenvalue weighted by molar-refractivity contribution is 0.104. The number of piperazine rings is 1. The van der Waals surface area contributed by atoms with Gasteiger partial charge in [0.1, 0.15) is 5.82 Å². The topological polar surface area (TPSA) is 35.7 Å². The maximum Gasteiger partial charge on any atom is 0.146 e. The van der Waals surface area contributed by atoms with Crippen molar-refractivity contribution < 1.29 is 4.39 Å². The largest absolute Gasteiger partial charge is 0.367 e. The highest BCUT2D eigenvalue weighted by molar-refractivity contribution is 5.50. The van der Waals surface area contributed by atoms with Crippen molar-refractivity contribution in [2.24, 2.45) is 5.73 Å². The second kappa shape index (κ2) is 7.60. The van der Waals surface area contributed by atoms with Crippen LogP contribution in [-0.2, 0) is 5.41 Å². The summed E-state index contributed by atoms with van der Waals surface area (Å²) in [5.74, 6) is -0.0860. The molecule has 0 bridgehead atoms. The SMILES string of the molecule is CC(C)(C)c1ccc(N2CCN(C3CCN(CN)CC3)CC2)c(F)c1. The molecule has 2 N–H and O–H groups in total. The van der Waals surface area contributed by atoms with Gasteiger partial charge in [0.05, 0.1) is 5.69 Å². The molecule has 0 atom stereocenters. The molecule has 2 aliphatic heterocycles. The molecule has 2 saturated heterocycles. The van der Waals surface area contributed by atoms with Crippen LogP contribution in [0.4, 0.5) is 10.1 Å². The van der Waals surface area contributed by atoms with E-state index in [9.17, 15) is 4.39 Å². The van der Waals surface area contributed by atoms with Crippen molar-refractivity contribution in [1.29, 1.82) is 0 Å². The van der Waals surface area contributed by atoms with Gasteiger partial charge in [-0.25, -0.2) is 4.39 Å². The summed E-state index contributed by atoms with van der Waals surface area (Å²) < 4.78 is 14.6. The predicted octanol–water partition coefficient (Wildman–Crippen LogP) is 2.63. The number of anilines is 1. The van der Waals surface area contributed by atoms with E-state index in [-0.39, 0.29) is 11.2 Å². The number of halogens is 1. The lowest BCUT2D eigenvalue weighted by Gasteiger charge is -2.43. The number of nitrogens with zero attached hydrogens (tertiary/aromatic N) is 3. The molecule has 0 saturated carbocycles. The van der Waals surface area contributed by atoms with Crippen molar-refractivity contribution >= 4 is 5.69 Å². The fraction of sp³-hybridized carbons (Fsp3) is 0.700. The first-order valence-corrected chi connectivity index (χ1v) is 9.60. The van der Waals surface area contributed by atoms with Crippen LogP contribution < -0.4 is 10.6 Å². The van der Waals surface area contributed by atoms with Gasteiger partial charge in [0.25, 0.3) is 0 Å². The highest BCUT2D eigenvalue weighted by Gasteiger charge is 2.28. The lowest BCUT2D eigenvalue weighted by atomic mass is 9.87. The van der Waals surface area contributed by atoms with Crippen LogP contribution in [0.25, 0.3) is 0 Å². The number of rotatable bonds is 3. The summed E-state index contributed by atoms with van der Waals surface area (Å²) in [6.07, 6.45) is 2.40. The number of hydrogen-bond acceptors (Lipinski definition) is 4. The molecular weight excluding hydrogens is 315 g/mol. The Hall–Kier alpha value is -1.17. The molecule has 2 heterocycles. The van der Waals surface area contributed by atoms with E-state index < -0.39 is 0 Å². The summed E-state index contributed by atoms with van der Waals surface area (Å²) in [6.45, 7) is 13.1. The van der Waals surface area contributed by atoms with Gasteiger partial charge >= 0.3 is 0 Å². The Morgan fingerprint density at radius 2 is 1.68 bits per heavy atom. The quantitative estimate of drug-likeness (QED) is 0.911. The van der Waals surface area contributed by atoms with Crippen LogP contribution in [-0.4, -0.2) is 61.8 Å². The Morgan fingerprint density at radius 1 is 1.04 bits per heavy atom. The molecule has 1 aromatic rings. The Morgan fingerprint density at radius 3 is 2.20 bits per heavy atom. The Bertz CT molecular complexity index is 568. The van der Waals surface area contributed by atoms with E-state index in [2.05, 4.69) is 41.5 Å². The molecular formula is C20H33FN4. The summed E-state index contributed by atoms with van der Waals surface area (Å²) in [7, 11) is 0. The fourth-order valence-corrected chi connectivity index (χ4v) is 4.02. The number of benzene rings is 1. The van der Waals surface area contributed by atoms with Crippen molar-refractivity contribution in [2.75, 3.05) is 50.8 Å². The van der Waals surface area contributed by atoms with Crippen LogP contribution in [0.1, 0.15) is 39.2 Å². The molecule has 0 aromatic heterocycles. The van der Waals surface area contributed by atoms with Crippen molar-refractivity contribution in [3.63, 3.8) is 0 Å². The van der Waals surface area contributed by atoms with Gasteiger partial charge in [0.2, 0.25) is 0 Å². The zero-order valence-corrected chi connectivity index (χ0v) is 16.0. The maximum atomic E-state index is 14.6. The van der Waals surface area contributed by atoms with E-state index in [1.54, 1.807) is 6.07 Å². The van der Waals surface area contributed by atoms with Gasteiger partial charge in [-0.1, -0.05) is 26.8 Å². The summed E-state index contributed by atoms with van der Waals surface area (Å²) >= 11 is 0. The van der Waals surface area contributed by atoms with E-state index in [1.807, 2.05) is 6.07 Å². The Balaban J connectivity index is 1.57. The molecule has 1 aromatic carbocycles. The number of likely N-dealkylation sites (tertiary alicyclic amines) is 1. The molecule has 4 nitrogen and oxygen atoms in total. The maximum absolute atomic E-state index is 14.6. The zero-order valence-electron chi connectivity index (χ0n) is 16.0. The van der Waals surface area contributed by atoms with Crippen molar-refractivity contribution in [3.05, 3.63) is 29.6 Å². The first kappa shape index (κ1) is 18.6. The van der Waals surface area contributed by atoms with Gasteiger partial charge in [0, 0.05) is 52.0 Å². The number of piperidine rings is 1. The van der Waals surface area contributed by atoms with Gasteiger partial charge in [-0.3, -0.25) is 9.80 Å². The first-order valence-electron chi connectivity index (χ1n) is 9.60. The van der Waals surface area contributed by atoms with Crippen LogP contribution in [0.3, 0.4) is 0 Å². The van der Waals surface area contributed by atoms with Crippen molar-refractivity contribution in [3.8, 4) is 0 Å². The summed E-state index contributed by atoms with van der Waals surface area (Å²) in [5.41, 5.74) is 7.52. The lowest BCUT2D eigenvalue weighted by Crippen LogP contribution is -2.53. The minimum absolute atomic E-state index is 0.0174. The molecule has 0 unspecified atom stereocenters. The normalized spacial score (nSPS) is 21.7. The van der Waals surface area contributed by atoms with Gasteiger partial charge in [-0.05, 0) is 36.0 Å². The van der Waals surface area contributed by atoms with Gasteiger partial charge in [-0.15, -0.1) is 0 Å². The second-order valence-corrected chi connectivity index (χ2v) is 8.47. The molecule has 0 spiro atoms. The van der Waals surface area contributed by atoms with E-state index in [0.717, 1.165) is 50.5 Å². The third kappa shape index (κ3) is 4.33. The summed E-state index contributed by atoms with van der Waals surface area (Å²) in [4.78, 5) is 7.11. The Kier molecular flexibility index (Phi) is 5.66. The monoisotopic (exact) mass is 348 g/mol. The molecule has 140 valence electrons. The average Bonchev–Trinajstić information content (AvgIpc) is 2.61. The van der Waals surface area contributed by atoms with E-state index >= 15 is 0 Å². The second-order valence-electron chi connectivity index (χ2n) is 8.47. The van der Waals surface area contributed by atoms with E-state index in [1.165, 1.54) is 12.8 Å². The van der Waals surface area contributed by atoms with Crippen molar-refractivity contribution in [1.82, 2.24) is 9.80 Å². The fourth-order valence-electron chi connectivity index (χ4n) is 4.02. The molecule has 2 fully saturated rings. The van der Waals surface area contributed by atoms with Crippen LogP contribution in [0.5, 0.6) is 0 Å². The van der Waals surface area contributed by atoms with Gasteiger partial charge in [0.15, 0.2) is 0 Å². The smallest absolute Gasteiger partial charge is 0.146 e. The highest BCUT2D eigenvalue weighted by atomic mass is 19.1. The molecule has 5 heteroatoms. The minimum Gasteiger partial charge on any atom is -0.367 e. The Labute approximate surface area is 151 Å². The molecule has 25 heavy (non-hydrogen) atoms. The standard InChI is InChI=1S/C20H33FN4/c1-20(2,3)16-4-5-19(18(21)14-16)25-12-10-24(11-13-25)17-6-8-23(15-22)9-7-17/h4-5,14,17H,6-13,15,22H2,1-3H3. The van der Waals surface area contributed by atoms with Crippen LogP contribution >= 0.6 is 0 Å². The zero-order chi connectivity index (χ0) is 18.0. The molecule has 2 aliphatic rings. The van der Waals surface area contributed by atoms with Crippen LogP contribution in [0.2, 0.25) is 0 Å². The third-order valence-corrected chi connectivity index (χ3v) is 5.80. The number of nitrogens with two attached hydrogens (primary N) is 1. The van der Waals surface area contributed by atoms with Gasteiger partial charge in [-0.2, -0.15) is 0 Å². The van der Waals surface area contributed by atoms with Crippen LogP contribution in [0.15, 0.2) is 18.2 Å². The highest BCUT2D eigenvalue weighted by Crippen LogP contribution is 2.29. The third-order valence-electron chi connectivity index (χ3n) is 5.80. The van der Waals surface area contributed by atoms with E-state index in [0.29, 0.717) is 12.7 Å². The molecule has 3 rings (SSSR count). The number of hydrogen-bond donors (Lipinski definition) is 1. The summed E-state index contributed by atoms with van der Waals surface area (Å²) in [6, 6.07) is 6.42. The van der Waals surface area contributed by atoms with Crippen molar-refractivity contribution in [2.45, 2.75) is 45.1 Å². The van der Waals surface area contributed by atoms with Crippen LogP contribution in [0, 0.1) is 5.82 Å². The summed E-state index contributed by atoms with van der Waals surface area (Å²) in [5, 5.41) is 0. The van der Waals surface area contributed by atoms with Gasteiger partial charge < -0.3 is 10.6 Å². The van der Waals surface area contributed by atoms with E-state index in [4.69, 9.17) is 5.73 Å². The molecule has 0 amide bonds. The molecule has 0 aliphatic carbocycles.